The van der Waals surface area contributed by atoms with Crippen molar-refractivity contribution < 1.29 is 9.53 Å². The molecule has 0 aliphatic rings. The first kappa shape index (κ1) is 18.4. The molecule has 0 radical (unpaired) electrons. The minimum Gasteiger partial charge on any atom is -0.488 e. The predicted octanol–water partition coefficient (Wildman–Crippen LogP) is 3.65. The minimum absolute atomic E-state index is 0.179. The largest absolute Gasteiger partial charge is 0.488 e. The van der Waals surface area contributed by atoms with Crippen molar-refractivity contribution in [1.29, 1.82) is 0 Å². The van der Waals surface area contributed by atoms with Gasteiger partial charge in [-0.15, -0.1) is 0 Å². The lowest BCUT2D eigenvalue weighted by Gasteiger charge is -2.09. The lowest BCUT2D eigenvalue weighted by Crippen LogP contribution is -2.24. The van der Waals surface area contributed by atoms with Crippen LogP contribution in [0.5, 0.6) is 5.75 Å². The molecule has 0 saturated heterocycles. The summed E-state index contributed by atoms with van der Waals surface area (Å²) in [7, 11) is 0. The highest BCUT2D eigenvalue weighted by atomic mass is 35.5. The van der Waals surface area contributed by atoms with Crippen molar-refractivity contribution in [2.24, 2.45) is 5.92 Å². The van der Waals surface area contributed by atoms with Gasteiger partial charge < -0.3 is 15.0 Å². The topological polar surface area (TPSA) is 71.2 Å². The highest BCUT2D eigenvalue weighted by Crippen LogP contribution is 2.22. The zero-order valence-electron chi connectivity index (χ0n) is 13.4. The van der Waals surface area contributed by atoms with E-state index >= 15 is 0 Å². The molecule has 2 aromatic rings. The molecule has 128 valence electrons. The molecule has 2 rings (SSSR count). The molecule has 0 aliphatic heterocycles. The lowest BCUT2D eigenvalue weighted by molar-refractivity contribution is 0.0950. The fraction of sp³-hybridized carbons (Fsp3) is 0.294. The van der Waals surface area contributed by atoms with E-state index in [9.17, 15) is 9.59 Å². The summed E-state index contributed by atoms with van der Waals surface area (Å²) in [5.74, 6) is 0.285. The Morgan fingerprint density at radius 2 is 2.00 bits per heavy atom. The van der Waals surface area contributed by atoms with Gasteiger partial charge in [-0.05, 0) is 24.1 Å². The zero-order valence-corrected chi connectivity index (χ0v) is 14.9. The normalized spacial score (nSPS) is 10.7. The summed E-state index contributed by atoms with van der Waals surface area (Å²) in [5.41, 5.74) is 0.738. The fourth-order valence-electron chi connectivity index (χ4n) is 1.89. The first-order valence-electron chi connectivity index (χ1n) is 7.44. The number of ether oxygens (including phenoxy) is 1. The van der Waals surface area contributed by atoms with Crippen LogP contribution in [0.15, 0.2) is 35.3 Å². The maximum absolute atomic E-state index is 12.1. The summed E-state index contributed by atoms with van der Waals surface area (Å²) in [4.78, 5) is 27.0. The number of rotatable bonds is 6. The Kier molecular flexibility index (Phi) is 6.29. The highest BCUT2D eigenvalue weighted by molar-refractivity contribution is 6.42. The number of carbonyl (C=O) groups is 1. The van der Waals surface area contributed by atoms with E-state index in [1.807, 2.05) is 13.8 Å². The van der Waals surface area contributed by atoms with Gasteiger partial charge in [0.15, 0.2) is 5.75 Å². The molecule has 0 spiro atoms. The number of hydrogen-bond donors (Lipinski definition) is 2. The summed E-state index contributed by atoms with van der Waals surface area (Å²) in [6.07, 6.45) is 1.51. The number of halogens is 2. The molecular weight excluding hydrogens is 351 g/mol. The van der Waals surface area contributed by atoms with Crippen molar-refractivity contribution in [3.63, 3.8) is 0 Å². The van der Waals surface area contributed by atoms with E-state index in [4.69, 9.17) is 27.9 Å². The van der Waals surface area contributed by atoms with E-state index in [1.165, 1.54) is 18.3 Å². The minimum atomic E-state index is -0.311. The van der Waals surface area contributed by atoms with Gasteiger partial charge in [0.1, 0.15) is 0 Å². The Labute approximate surface area is 149 Å². The van der Waals surface area contributed by atoms with E-state index in [0.29, 0.717) is 33.8 Å². The SMILES string of the molecule is CC(C)COc1c[nH]c(CNC(=O)c2ccc(Cl)c(Cl)c2)cc1=O. The van der Waals surface area contributed by atoms with E-state index in [2.05, 4.69) is 10.3 Å². The second-order valence-electron chi connectivity index (χ2n) is 5.70. The Balaban J connectivity index is 1.98. The molecule has 0 aliphatic carbocycles. The number of aromatic amines is 1. The van der Waals surface area contributed by atoms with Crippen LogP contribution in [-0.4, -0.2) is 17.5 Å². The molecule has 5 nitrogen and oxygen atoms in total. The maximum Gasteiger partial charge on any atom is 0.251 e. The van der Waals surface area contributed by atoms with Crippen molar-refractivity contribution in [1.82, 2.24) is 10.3 Å². The molecule has 0 fully saturated rings. The number of carbonyl (C=O) groups excluding carboxylic acids is 1. The Bertz CT molecular complexity index is 788. The van der Waals surface area contributed by atoms with E-state index in [-0.39, 0.29) is 23.6 Å². The molecule has 0 bridgehead atoms. The van der Waals surface area contributed by atoms with Crippen molar-refractivity contribution in [3.8, 4) is 5.75 Å². The molecule has 24 heavy (non-hydrogen) atoms. The van der Waals surface area contributed by atoms with Crippen LogP contribution in [0, 0.1) is 5.92 Å². The Morgan fingerprint density at radius 3 is 2.62 bits per heavy atom. The summed E-state index contributed by atoms with van der Waals surface area (Å²) in [6.45, 7) is 4.65. The highest BCUT2D eigenvalue weighted by Gasteiger charge is 2.09. The maximum atomic E-state index is 12.1. The molecule has 1 heterocycles. The number of benzene rings is 1. The molecule has 1 amide bonds. The molecule has 7 heteroatoms. The monoisotopic (exact) mass is 368 g/mol. The van der Waals surface area contributed by atoms with E-state index < -0.39 is 0 Å². The smallest absolute Gasteiger partial charge is 0.251 e. The number of aromatic nitrogens is 1. The number of H-pyrrole nitrogens is 1. The average molecular weight is 369 g/mol. The van der Waals surface area contributed by atoms with Crippen LogP contribution in [0.2, 0.25) is 10.0 Å². The van der Waals surface area contributed by atoms with Gasteiger partial charge in [-0.25, -0.2) is 0 Å². The molecule has 0 saturated carbocycles. The van der Waals surface area contributed by atoms with Gasteiger partial charge in [-0.3, -0.25) is 9.59 Å². The second-order valence-corrected chi connectivity index (χ2v) is 6.52. The van der Waals surface area contributed by atoms with Gasteiger partial charge in [0.25, 0.3) is 5.91 Å². The molecule has 1 aromatic carbocycles. The predicted molar refractivity (Wildman–Crippen MR) is 95.0 cm³/mol. The third-order valence-electron chi connectivity index (χ3n) is 3.13. The van der Waals surface area contributed by atoms with Crippen LogP contribution in [0.1, 0.15) is 29.9 Å². The summed E-state index contributed by atoms with van der Waals surface area (Å²) in [6, 6.07) is 6.03. The van der Waals surface area contributed by atoms with Crippen molar-refractivity contribution in [2.75, 3.05) is 6.61 Å². The first-order chi connectivity index (χ1) is 11.4. The van der Waals surface area contributed by atoms with Crippen molar-refractivity contribution in [2.45, 2.75) is 20.4 Å². The number of nitrogens with one attached hydrogen (secondary N) is 2. The van der Waals surface area contributed by atoms with Crippen LogP contribution in [0.3, 0.4) is 0 Å². The van der Waals surface area contributed by atoms with Crippen LogP contribution >= 0.6 is 23.2 Å². The van der Waals surface area contributed by atoms with Gasteiger partial charge in [0.2, 0.25) is 5.43 Å². The third-order valence-corrected chi connectivity index (χ3v) is 3.87. The van der Waals surface area contributed by atoms with Crippen LogP contribution in [0.4, 0.5) is 0 Å². The van der Waals surface area contributed by atoms with Crippen molar-refractivity contribution >= 4 is 29.1 Å². The van der Waals surface area contributed by atoms with Gasteiger partial charge in [0, 0.05) is 23.5 Å². The fourth-order valence-corrected chi connectivity index (χ4v) is 2.18. The van der Waals surface area contributed by atoms with Crippen molar-refractivity contribution in [3.05, 3.63) is 62.0 Å². The average Bonchev–Trinajstić information content (AvgIpc) is 2.54. The Morgan fingerprint density at radius 1 is 1.25 bits per heavy atom. The van der Waals surface area contributed by atoms with Gasteiger partial charge in [0.05, 0.1) is 23.2 Å². The van der Waals surface area contributed by atoms with Gasteiger partial charge in [-0.2, -0.15) is 0 Å². The summed E-state index contributed by atoms with van der Waals surface area (Å²) in [5, 5.41) is 3.40. The van der Waals surface area contributed by atoms with Crippen LogP contribution in [0.25, 0.3) is 0 Å². The molecule has 2 N–H and O–H groups in total. The van der Waals surface area contributed by atoms with Crippen LogP contribution in [-0.2, 0) is 6.54 Å². The van der Waals surface area contributed by atoms with Gasteiger partial charge >= 0.3 is 0 Å². The second kappa shape index (κ2) is 8.22. The van der Waals surface area contributed by atoms with E-state index in [0.717, 1.165) is 0 Å². The number of hydrogen-bond acceptors (Lipinski definition) is 3. The standard InChI is InChI=1S/C17H18Cl2N2O3/c1-10(2)9-24-16-8-20-12(6-15(16)22)7-21-17(23)11-3-4-13(18)14(19)5-11/h3-6,8,10H,7,9H2,1-2H3,(H,20,22)(H,21,23). The van der Waals surface area contributed by atoms with Crippen LogP contribution < -0.4 is 15.5 Å². The molecule has 0 unspecified atom stereocenters. The van der Waals surface area contributed by atoms with E-state index in [1.54, 1.807) is 12.1 Å². The molecular formula is C17H18Cl2N2O3. The third kappa shape index (κ3) is 5.01. The zero-order chi connectivity index (χ0) is 17.7. The molecule has 0 atom stereocenters. The number of pyridine rings is 1. The Hall–Kier alpha value is -1.98. The van der Waals surface area contributed by atoms with Gasteiger partial charge in [-0.1, -0.05) is 37.0 Å². The first-order valence-corrected chi connectivity index (χ1v) is 8.20. The summed E-state index contributed by atoms with van der Waals surface area (Å²) < 4.78 is 5.41. The number of amides is 1. The quantitative estimate of drug-likeness (QED) is 0.817. The molecule has 1 aromatic heterocycles. The lowest BCUT2D eigenvalue weighted by atomic mass is 10.2. The summed E-state index contributed by atoms with van der Waals surface area (Å²) >= 11 is 11.7.